The highest BCUT2D eigenvalue weighted by atomic mass is 79.9. The SMILES string of the molecule is CC1C(=O)NC(=O)CN1c1ccc(Br)cc1CN. The molecule has 96 valence electrons. The van der Waals surface area contributed by atoms with Crippen LogP contribution in [0.3, 0.4) is 0 Å². The van der Waals surface area contributed by atoms with E-state index in [1.165, 1.54) is 0 Å². The van der Waals surface area contributed by atoms with Gasteiger partial charge >= 0.3 is 0 Å². The number of amides is 2. The van der Waals surface area contributed by atoms with Crippen molar-refractivity contribution in [3.8, 4) is 0 Å². The average Bonchev–Trinajstić information content (AvgIpc) is 2.34. The molecule has 1 aromatic rings. The number of hydrogen-bond donors (Lipinski definition) is 2. The van der Waals surface area contributed by atoms with Crippen LogP contribution in [0.15, 0.2) is 22.7 Å². The summed E-state index contributed by atoms with van der Waals surface area (Å²) in [5.41, 5.74) is 7.44. The van der Waals surface area contributed by atoms with Crippen molar-refractivity contribution in [1.82, 2.24) is 5.32 Å². The van der Waals surface area contributed by atoms with Gasteiger partial charge in [0.15, 0.2) is 0 Å². The molecule has 6 heteroatoms. The molecule has 2 amide bonds. The maximum absolute atomic E-state index is 11.6. The fraction of sp³-hybridized carbons (Fsp3) is 0.333. The zero-order valence-electron chi connectivity index (χ0n) is 9.94. The molecule has 0 spiro atoms. The van der Waals surface area contributed by atoms with Crippen molar-refractivity contribution in [3.05, 3.63) is 28.2 Å². The number of hydrogen-bond acceptors (Lipinski definition) is 4. The molecule has 1 unspecified atom stereocenters. The minimum absolute atomic E-state index is 0.168. The Morgan fingerprint density at radius 2 is 2.22 bits per heavy atom. The molecular weight excluding hydrogens is 298 g/mol. The fourth-order valence-corrected chi connectivity index (χ4v) is 2.41. The van der Waals surface area contributed by atoms with Crippen LogP contribution in [0, 0.1) is 0 Å². The van der Waals surface area contributed by atoms with Crippen LogP contribution in [-0.4, -0.2) is 24.4 Å². The number of piperazine rings is 1. The van der Waals surface area contributed by atoms with Gasteiger partial charge in [-0.15, -0.1) is 0 Å². The van der Waals surface area contributed by atoms with Crippen molar-refractivity contribution in [2.24, 2.45) is 5.73 Å². The maximum Gasteiger partial charge on any atom is 0.249 e. The number of imide groups is 1. The zero-order valence-corrected chi connectivity index (χ0v) is 11.5. The third-order valence-electron chi connectivity index (χ3n) is 2.99. The number of anilines is 1. The monoisotopic (exact) mass is 311 g/mol. The summed E-state index contributed by atoms with van der Waals surface area (Å²) in [6, 6.07) is 5.26. The highest BCUT2D eigenvalue weighted by Crippen LogP contribution is 2.26. The van der Waals surface area contributed by atoms with Crippen molar-refractivity contribution < 1.29 is 9.59 Å². The Morgan fingerprint density at radius 3 is 2.89 bits per heavy atom. The van der Waals surface area contributed by atoms with E-state index in [2.05, 4.69) is 21.2 Å². The summed E-state index contributed by atoms with van der Waals surface area (Å²) in [6.07, 6.45) is 0. The number of nitrogens with zero attached hydrogens (tertiary/aromatic N) is 1. The molecule has 0 aromatic heterocycles. The molecule has 0 saturated carbocycles. The summed E-state index contributed by atoms with van der Waals surface area (Å²) < 4.78 is 0.923. The summed E-state index contributed by atoms with van der Waals surface area (Å²) in [5, 5.41) is 2.32. The van der Waals surface area contributed by atoms with E-state index in [0.29, 0.717) is 6.54 Å². The highest BCUT2D eigenvalue weighted by Gasteiger charge is 2.31. The van der Waals surface area contributed by atoms with Gasteiger partial charge in [-0.2, -0.15) is 0 Å². The van der Waals surface area contributed by atoms with Gasteiger partial charge in [-0.1, -0.05) is 15.9 Å². The standard InChI is InChI=1S/C12H14BrN3O2/c1-7-12(18)15-11(17)6-16(7)10-3-2-9(13)4-8(10)5-14/h2-4,7H,5-6,14H2,1H3,(H,15,17,18). The van der Waals surface area contributed by atoms with E-state index in [-0.39, 0.29) is 24.4 Å². The van der Waals surface area contributed by atoms with E-state index in [0.717, 1.165) is 15.7 Å². The van der Waals surface area contributed by atoms with Crippen molar-refractivity contribution in [2.75, 3.05) is 11.4 Å². The molecule has 0 radical (unpaired) electrons. The third kappa shape index (κ3) is 2.39. The topological polar surface area (TPSA) is 75.4 Å². The summed E-state index contributed by atoms with van der Waals surface area (Å²) >= 11 is 3.38. The minimum Gasteiger partial charge on any atom is -0.350 e. The molecule has 1 aromatic carbocycles. The Hall–Kier alpha value is -1.40. The molecule has 1 aliphatic heterocycles. The molecule has 0 aliphatic carbocycles. The van der Waals surface area contributed by atoms with Crippen molar-refractivity contribution in [2.45, 2.75) is 19.5 Å². The molecule has 18 heavy (non-hydrogen) atoms. The van der Waals surface area contributed by atoms with Crippen LogP contribution in [-0.2, 0) is 16.1 Å². The van der Waals surface area contributed by atoms with Crippen molar-refractivity contribution in [3.63, 3.8) is 0 Å². The van der Waals surface area contributed by atoms with Crippen LogP contribution in [0.5, 0.6) is 0 Å². The predicted molar refractivity (Wildman–Crippen MR) is 72.0 cm³/mol. The lowest BCUT2D eigenvalue weighted by Gasteiger charge is -2.34. The zero-order chi connectivity index (χ0) is 13.3. The number of benzene rings is 1. The van der Waals surface area contributed by atoms with Crippen LogP contribution in [0.4, 0.5) is 5.69 Å². The van der Waals surface area contributed by atoms with E-state index < -0.39 is 0 Å². The van der Waals surface area contributed by atoms with Gasteiger partial charge in [0.05, 0.1) is 6.54 Å². The third-order valence-corrected chi connectivity index (χ3v) is 3.49. The summed E-state index contributed by atoms with van der Waals surface area (Å²) in [6.45, 7) is 2.29. The number of carbonyl (C=O) groups is 2. The van der Waals surface area contributed by atoms with Crippen LogP contribution in [0.1, 0.15) is 12.5 Å². The lowest BCUT2D eigenvalue weighted by molar-refractivity contribution is -0.132. The molecule has 1 aliphatic rings. The van der Waals surface area contributed by atoms with Crippen LogP contribution >= 0.6 is 15.9 Å². The van der Waals surface area contributed by atoms with Gasteiger partial charge in [-0.25, -0.2) is 0 Å². The maximum atomic E-state index is 11.6. The highest BCUT2D eigenvalue weighted by molar-refractivity contribution is 9.10. The number of halogens is 1. The lowest BCUT2D eigenvalue weighted by Crippen LogP contribution is -2.57. The van der Waals surface area contributed by atoms with Gasteiger partial charge in [0, 0.05) is 16.7 Å². The first-order chi connectivity index (χ1) is 8.52. The normalized spacial score (nSPS) is 19.9. The second-order valence-electron chi connectivity index (χ2n) is 4.19. The quantitative estimate of drug-likeness (QED) is 0.791. The van der Waals surface area contributed by atoms with Gasteiger partial charge in [0.2, 0.25) is 11.8 Å². The largest absolute Gasteiger partial charge is 0.350 e. The second-order valence-corrected chi connectivity index (χ2v) is 5.11. The first kappa shape index (κ1) is 13.0. The smallest absolute Gasteiger partial charge is 0.249 e. The van der Waals surface area contributed by atoms with Crippen LogP contribution < -0.4 is 16.0 Å². The van der Waals surface area contributed by atoms with E-state index >= 15 is 0 Å². The predicted octanol–water partition coefficient (Wildman–Crippen LogP) is 0.759. The van der Waals surface area contributed by atoms with Gasteiger partial charge in [-0.3, -0.25) is 14.9 Å². The lowest BCUT2D eigenvalue weighted by atomic mass is 10.1. The molecule has 2 rings (SSSR count). The van der Waals surface area contributed by atoms with Crippen molar-refractivity contribution in [1.29, 1.82) is 0 Å². The average molecular weight is 312 g/mol. The molecule has 0 bridgehead atoms. The first-order valence-electron chi connectivity index (χ1n) is 5.61. The Kier molecular flexibility index (Phi) is 3.68. The number of nitrogens with one attached hydrogen (secondary N) is 1. The molecule has 3 N–H and O–H groups in total. The molecular formula is C12H14BrN3O2. The van der Waals surface area contributed by atoms with E-state index in [1.54, 1.807) is 11.8 Å². The fourth-order valence-electron chi connectivity index (χ4n) is 2.01. The van der Waals surface area contributed by atoms with E-state index in [4.69, 9.17) is 5.73 Å². The van der Waals surface area contributed by atoms with E-state index in [9.17, 15) is 9.59 Å². The van der Waals surface area contributed by atoms with Crippen molar-refractivity contribution >= 4 is 33.4 Å². The van der Waals surface area contributed by atoms with Gasteiger partial charge < -0.3 is 10.6 Å². The summed E-state index contributed by atoms with van der Waals surface area (Å²) in [7, 11) is 0. The van der Waals surface area contributed by atoms with Crippen LogP contribution in [0.2, 0.25) is 0 Å². The number of carbonyl (C=O) groups excluding carboxylic acids is 2. The van der Waals surface area contributed by atoms with E-state index in [1.807, 2.05) is 18.2 Å². The molecule has 1 heterocycles. The molecule has 1 atom stereocenters. The Balaban J connectivity index is 2.40. The van der Waals surface area contributed by atoms with Crippen LogP contribution in [0.25, 0.3) is 0 Å². The molecule has 5 nitrogen and oxygen atoms in total. The first-order valence-corrected chi connectivity index (χ1v) is 6.41. The Bertz CT molecular complexity index is 504. The Labute approximate surface area is 113 Å². The number of rotatable bonds is 2. The van der Waals surface area contributed by atoms with Gasteiger partial charge in [-0.05, 0) is 30.7 Å². The summed E-state index contributed by atoms with van der Waals surface area (Å²) in [4.78, 5) is 24.9. The van der Waals surface area contributed by atoms with Gasteiger partial charge in [0.25, 0.3) is 0 Å². The Morgan fingerprint density at radius 1 is 1.50 bits per heavy atom. The van der Waals surface area contributed by atoms with Gasteiger partial charge in [0.1, 0.15) is 6.04 Å². The second kappa shape index (κ2) is 5.07. The molecule has 1 saturated heterocycles. The molecule has 1 fully saturated rings. The summed E-state index contributed by atoms with van der Waals surface area (Å²) in [5.74, 6) is -0.568. The number of nitrogens with two attached hydrogens (primary N) is 1. The minimum atomic E-state index is -0.380.